The van der Waals surface area contributed by atoms with Crippen LogP contribution in [0.5, 0.6) is 0 Å². The lowest BCUT2D eigenvalue weighted by Crippen LogP contribution is -2.28. The van der Waals surface area contributed by atoms with Gasteiger partial charge in [-0.05, 0) is 24.6 Å². The number of imidazole rings is 1. The second-order valence-corrected chi connectivity index (χ2v) is 6.21. The van der Waals surface area contributed by atoms with Crippen LogP contribution in [0.15, 0.2) is 76.1 Å². The Morgan fingerprint density at radius 3 is 2.67 bits per heavy atom. The van der Waals surface area contributed by atoms with E-state index < -0.39 is 5.91 Å². The lowest BCUT2D eigenvalue weighted by molar-refractivity contribution is 0.0911. The molecule has 0 saturated heterocycles. The van der Waals surface area contributed by atoms with E-state index >= 15 is 0 Å². The normalized spacial score (nSPS) is 12.0. The Morgan fingerprint density at radius 1 is 1.11 bits per heavy atom. The van der Waals surface area contributed by atoms with Crippen LogP contribution < -0.4 is 10.7 Å². The number of nitrogens with one attached hydrogen (secondary N) is 2. The van der Waals surface area contributed by atoms with Crippen LogP contribution >= 0.6 is 0 Å². The fourth-order valence-electron chi connectivity index (χ4n) is 2.87. The van der Waals surface area contributed by atoms with Crippen LogP contribution in [0, 0.1) is 0 Å². The van der Waals surface area contributed by atoms with Gasteiger partial charge in [-0.3, -0.25) is 9.59 Å². The van der Waals surface area contributed by atoms with Crippen molar-refractivity contribution >= 4 is 16.9 Å². The first-order valence-electron chi connectivity index (χ1n) is 8.56. The zero-order valence-corrected chi connectivity index (χ0v) is 14.6. The smallest absolute Gasteiger partial charge is 0.287 e. The standard InChI is InChI=1S/C21H17N3O3/c1-13(20-22-12-16(24-20)14-7-3-2-4-8-14)23-21(26)19-11-17(25)15-9-5-6-10-18(15)27-19/h2-13H,1H3,(H,22,24)(H,23,26)/t13-/m1/s1. The van der Waals surface area contributed by atoms with Gasteiger partial charge in [-0.25, -0.2) is 4.98 Å². The van der Waals surface area contributed by atoms with Crippen molar-refractivity contribution in [3.05, 3.63) is 88.7 Å². The number of hydrogen-bond donors (Lipinski definition) is 2. The number of carbonyl (C=O) groups excluding carboxylic acids is 1. The second-order valence-electron chi connectivity index (χ2n) is 6.21. The van der Waals surface area contributed by atoms with E-state index in [9.17, 15) is 9.59 Å². The molecule has 6 nitrogen and oxygen atoms in total. The number of amides is 1. The van der Waals surface area contributed by atoms with Crippen LogP contribution in [0.1, 0.15) is 29.3 Å². The molecule has 0 fully saturated rings. The number of aromatic nitrogens is 2. The van der Waals surface area contributed by atoms with Crippen molar-refractivity contribution in [2.75, 3.05) is 0 Å². The van der Waals surface area contributed by atoms with E-state index in [1.165, 1.54) is 6.07 Å². The van der Waals surface area contributed by atoms with E-state index in [0.717, 1.165) is 11.3 Å². The highest BCUT2D eigenvalue weighted by Gasteiger charge is 2.17. The molecule has 2 heterocycles. The summed E-state index contributed by atoms with van der Waals surface area (Å²) in [4.78, 5) is 32.2. The minimum absolute atomic E-state index is 0.0274. The predicted octanol–water partition coefficient (Wildman–Crippen LogP) is 3.67. The van der Waals surface area contributed by atoms with Crippen LogP contribution in [-0.2, 0) is 0 Å². The topological polar surface area (TPSA) is 88.0 Å². The van der Waals surface area contributed by atoms with Gasteiger partial charge in [0.05, 0.1) is 23.3 Å². The Morgan fingerprint density at radius 2 is 1.85 bits per heavy atom. The van der Waals surface area contributed by atoms with Gasteiger partial charge >= 0.3 is 0 Å². The maximum absolute atomic E-state index is 12.5. The summed E-state index contributed by atoms with van der Waals surface area (Å²) in [6, 6.07) is 17.5. The quantitative estimate of drug-likeness (QED) is 0.582. The third-order valence-corrected chi connectivity index (χ3v) is 4.30. The summed E-state index contributed by atoms with van der Waals surface area (Å²) < 4.78 is 5.57. The number of benzene rings is 2. The number of fused-ring (bicyclic) bond motifs is 1. The molecule has 0 spiro atoms. The van der Waals surface area contributed by atoms with Gasteiger partial charge in [-0.1, -0.05) is 42.5 Å². The Labute approximate surface area is 154 Å². The molecule has 0 unspecified atom stereocenters. The SMILES string of the molecule is C[C@@H](NC(=O)c1cc(=O)c2ccccc2o1)c1ncc(-c2ccccc2)[nH]1. The van der Waals surface area contributed by atoms with Crippen LogP contribution in [0.25, 0.3) is 22.2 Å². The molecule has 0 aliphatic rings. The zero-order chi connectivity index (χ0) is 18.8. The molecule has 6 heteroatoms. The maximum atomic E-state index is 12.5. The van der Waals surface area contributed by atoms with Crippen molar-refractivity contribution in [1.29, 1.82) is 0 Å². The lowest BCUT2D eigenvalue weighted by atomic mass is 10.2. The van der Waals surface area contributed by atoms with Gasteiger partial charge < -0.3 is 14.7 Å². The number of nitrogens with zero attached hydrogens (tertiary/aromatic N) is 1. The largest absolute Gasteiger partial charge is 0.451 e. The molecule has 4 rings (SSSR count). The summed E-state index contributed by atoms with van der Waals surface area (Å²) in [5.74, 6) is 0.119. The number of aromatic amines is 1. The first-order valence-corrected chi connectivity index (χ1v) is 8.56. The Bertz CT molecular complexity index is 1160. The predicted molar refractivity (Wildman–Crippen MR) is 102 cm³/mol. The van der Waals surface area contributed by atoms with E-state index in [2.05, 4.69) is 15.3 Å². The fourth-order valence-corrected chi connectivity index (χ4v) is 2.87. The van der Waals surface area contributed by atoms with Gasteiger partial charge in [0.15, 0.2) is 11.2 Å². The van der Waals surface area contributed by atoms with Crippen molar-refractivity contribution in [2.24, 2.45) is 0 Å². The Kier molecular flexibility index (Phi) is 4.30. The van der Waals surface area contributed by atoms with Gasteiger partial charge in [0.25, 0.3) is 5.91 Å². The molecule has 0 aliphatic carbocycles. The molecule has 2 aromatic carbocycles. The fraction of sp³-hybridized carbons (Fsp3) is 0.0952. The van der Waals surface area contributed by atoms with Crippen molar-refractivity contribution < 1.29 is 9.21 Å². The van der Waals surface area contributed by atoms with Crippen molar-refractivity contribution in [3.63, 3.8) is 0 Å². The molecule has 1 atom stereocenters. The van der Waals surface area contributed by atoms with Crippen molar-refractivity contribution in [1.82, 2.24) is 15.3 Å². The van der Waals surface area contributed by atoms with E-state index in [4.69, 9.17) is 4.42 Å². The van der Waals surface area contributed by atoms with Gasteiger partial charge in [0, 0.05) is 6.07 Å². The zero-order valence-electron chi connectivity index (χ0n) is 14.6. The number of hydrogen-bond acceptors (Lipinski definition) is 4. The molecule has 0 saturated carbocycles. The van der Waals surface area contributed by atoms with Gasteiger partial charge in [0.1, 0.15) is 11.4 Å². The van der Waals surface area contributed by atoms with E-state index in [-0.39, 0.29) is 17.2 Å². The van der Waals surface area contributed by atoms with Crippen LogP contribution in [0.3, 0.4) is 0 Å². The summed E-state index contributed by atoms with van der Waals surface area (Å²) in [6.45, 7) is 1.81. The third kappa shape index (κ3) is 3.37. The van der Waals surface area contributed by atoms with Crippen LogP contribution in [0.2, 0.25) is 0 Å². The first-order chi connectivity index (χ1) is 13.1. The lowest BCUT2D eigenvalue weighted by Gasteiger charge is -2.11. The molecule has 27 heavy (non-hydrogen) atoms. The molecule has 2 N–H and O–H groups in total. The van der Waals surface area contributed by atoms with Crippen LogP contribution in [0.4, 0.5) is 0 Å². The second kappa shape index (κ2) is 6.92. The minimum atomic E-state index is -0.469. The van der Waals surface area contributed by atoms with Crippen LogP contribution in [-0.4, -0.2) is 15.9 Å². The Balaban J connectivity index is 1.55. The average Bonchev–Trinajstić information content (AvgIpc) is 3.19. The minimum Gasteiger partial charge on any atom is -0.451 e. The highest BCUT2D eigenvalue weighted by Crippen LogP contribution is 2.19. The van der Waals surface area contributed by atoms with Crippen molar-refractivity contribution in [3.8, 4) is 11.3 Å². The summed E-state index contributed by atoms with van der Waals surface area (Å²) in [6.07, 6.45) is 1.73. The summed E-state index contributed by atoms with van der Waals surface area (Å²) >= 11 is 0. The molecule has 2 aromatic heterocycles. The number of H-pyrrole nitrogens is 1. The molecule has 1 amide bonds. The number of carbonyl (C=O) groups is 1. The van der Waals surface area contributed by atoms with E-state index in [1.54, 1.807) is 30.5 Å². The third-order valence-electron chi connectivity index (χ3n) is 4.30. The molecular formula is C21H17N3O3. The monoisotopic (exact) mass is 359 g/mol. The summed E-state index contributed by atoms with van der Waals surface area (Å²) in [7, 11) is 0. The van der Waals surface area contributed by atoms with Crippen molar-refractivity contribution in [2.45, 2.75) is 13.0 Å². The Hall–Kier alpha value is -3.67. The average molecular weight is 359 g/mol. The molecular weight excluding hydrogens is 342 g/mol. The maximum Gasteiger partial charge on any atom is 0.287 e. The molecule has 0 aliphatic heterocycles. The van der Waals surface area contributed by atoms with E-state index in [1.807, 2.05) is 37.3 Å². The highest BCUT2D eigenvalue weighted by molar-refractivity contribution is 5.93. The first kappa shape index (κ1) is 16.8. The van der Waals surface area contributed by atoms with E-state index in [0.29, 0.717) is 16.8 Å². The van der Waals surface area contributed by atoms with Gasteiger partial charge in [0.2, 0.25) is 0 Å². The summed E-state index contributed by atoms with van der Waals surface area (Å²) in [5.41, 5.74) is 2.01. The van der Waals surface area contributed by atoms with Gasteiger partial charge in [-0.15, -0.1) is 0 Å². The number of para-hydroxylation sites is 1. The highest BCUT2D eigenvalue weighted by atomic mass is 16.3. The molecule has 4 aromatic rings. The van der Waals surface area contributed by atoms with Gasteiger partial charge in [-0.2, -0.15) is 0 Å². The number of rotatable bonds is 4. The molecule has 0 radical (unpaired) electrons. The molecule has 0 bridgehead atoms. The molecule has 134 valence electrons. The summed E-state index contributed by atoms with van der Waals surface area (Å²) in [5, 5.41) is 3.25.